The number of fused-ring (bicyclic) bond motifs is 5. The zero-order valence-electron chi connectivity index (χ0n) is 16.9. The van der Waals surface area contributed by atoms with Crippen molar-refractivity contribution in [2.45, 2.75) is 19.9 Å². The number of carbonyl (C=O) groups excluding carboxylic acids is 2. The minimum atomic E-state index is -0.130. The van der Waals surface area contributed by atoms with Crippen LogP contribution in [0.3, 0.4) is 0 Å². The van der Waals surface area contributed by atoms with Crippen molar-refractivity contribution in [2.75, 3.05) is 26.7 Å². The molecule has 2 N–H and O–H groups in total. The second-order valence-electron chi connectivity index (χ2n) is 7.80. The number of aliphatic imine (C=N–C) groups is 1. The number of ether oxygens (including phenoxy) is 1. The number of allylic oxidation sites excluding steroid dienone is 2. The van der Waals surface area contributed by atoms with E-state index in [0.29, 0.717) is 25.6 Å². The van der Waals surface area contributed by atoms with E-state index in [-0.39, 0.29) is 35.5 Å². The number of methoxy groups -OCH3 is 1. The third-order valence-corrected chi connectivity index (χ3v) is 6.11. The van der Waals surface area contributed by atoms with E-state index in [1.807, 2.05) is 31.2 Å². The Labute approximate surface area is 171 Å². The molecule has 7 heteroatoms. The molecule has 1 aromatic rings. The van der Waals surface area contributed by atoms with E-state index in [1.165, 1.54) is 4.90 Å². The van der Waals surface area contributed by atoms with Crippen LogP contribution in [-0.2, 0) is 16.1 Å². The normalized spacial score (nSPS) is 27.5. The molecule has 0 aromatic heterocycles. The Kier molecular flexibility index (Phi) is 5.56. The number of rotatable bonds is 7. The Hall–Kier alpha value is -2.83. The molecule has 7 nitrogen and oxygen atoms in total. The summed E-state index contributed by atoms with van der Waals surface area (Å²) in [7, 11) is 1.64. The van der Waals surface area contributed by atoms with Gasteiger partial charge in [-0.05, 0) is 42.9 Å². The number of nitrogens with zero attached hydrogens (tertiary/aromatic N) is 2. The lowest BCUT2D eigenvalue weighted by molar-refractivity contribution is -0.140. The fourth-order valence-corrected chi connectivity index (χ4v) is 4.71. The van der Waals surface area contributed by atoms with Crippen LogP contribution in [0.1, 0.15) is 18.9 Å². The first-order valence-electron chi connectivity index (χ1n) is 10.3. The fraction of sp³-hybridized carbons (Fsp3) is 0.500. The first kappa shape index (κ1) is 19.5. The van der Waals surface area contributed by atoms with Crippen LogP contribution in [0.5, 0.6) is 5.75 Å². The molecule has 2 amide bonds. The molecule has 4 unspecified atom stereocenters. The fourth-order valence-electron chi connectivity index (χ4n) is 4.71. The number of hydrogen-bond acceptors (Lipinski definition) is 4. The minimum absolute atomic E-state index is 0.00109. The predicted molar refractivity (Wildman–Crippen MR) is 110 cm³/mol. The van der Waals surface area contributed by atoms with E-state index in [4.69, 9.17) is 4.74 Å². The Morgan fingerprint density at radius 3 is 2.34 bits per heavy atom. The maximum atomic E-state index is 12.7. The summed E-state index contributed by atoms with van der Waals surface area (Å²) in [4.78, 5) is 31.5. The number of carbonyl (C=O) groups is 2. The average Bonchev–Trinajstić information content (AvgIpc) is 3.42. The summed E-state index contributed by atoms with van der Waals surface area (Å²) in [5.74, 6) is 1.73. The molecular formula is C22H28N4O3. The highest BCUT2D eigenvalue weighted by Crippen LogP contribution is 2.52. The number of hydrogen-bond donors (Lipinski definition) is 2. The van der Waals surface area contributed by atoms with Gasteiger partial charge in [0.1, 0.15) is 5.75 Å². The van der Waals surface area contributed by atoms with Gasteiger partial charge in [0.2, 0.25) is 11.8 Å². The number of nitrogens with one attached hydrogen (secondary N) is 2. The number of likely N-dealkylation sites (tertiary alicyclic amines) is 1. The van der Waals surface area contributed by atoms with Crippen LogP contribution in [-0.4, -0.2) is 49.4 Å². The van der Waals surface area contributed by atoms with Crippen LogP contribution in [0.25, 0.3) is 0 Å². The molecule has 1 saturated carbocycles. The zero-order valence-corrected chi connectivity index (χ0v) is 16.9. The molecule has 2 fully saturated rings. The average molecular weight is 396 g/mol. The standard InChI is InChI=1S/C22H28N4O3/c1-3-23-22(25-13-14-4-8-17(29-2)9-5-14)24-10-11-26-20(27)18-15-6-7-16(12-15)19(18)21(26)28/h4-9,15-16,18-19H,3,10-13H2,1-2H3,(H2,23,24,25). The Morgan fingerprint density at radius 2 is 1.76 bits per heavy atom. The number of amides is 2. The second kappa shape index (κ2) is 8.27. The lowest BCUT2D eigenvalue weighted by Crippen LogP contribution is -2.43. The second-order valence-corrected chi connectivity index (χ2v) is 7.80. The van der Waals surface area contributed by atoms with Gasteiger partial charge in [0.05, 0.1) is 25.5 Å². The minimum Gasteiger partial charge on any atom is -0.497 e. The van der Waals surface area contributed by atoms with Crippen LogP contribution in [0.2, 0.25) is 0 Å². The van der Waals surface area contributed by atoms with Gasteiger partial charge in [0.25, 0.3) is 0 Å². The summed E-state index contributed by atoms with van der Waals surface area (Å²) >= 11 is 0. The molecule has 2 aliphatic carbocycles. The molecular weight excluding hydrogens is 368 g/mol. The Balaban J connectivity index is 1.31. The van der Waals surface area contributed by atoms with Gasteiger partial charge in [-0.3, -0.25) is 14.5 Å². The maximum Gasteiger partial charge on any atom is 0.233 e. The van der Waals surface area contributed by atoms with Gasteiger partial charge in [-0.1, -0.05) is 24.3 Å². The molecule has 1 saturated heterocycles. The molecule has 1 aliphatic heterocycles. The summed E-state index contributed by atoms with van der Waals surface area (Å²) in [6, 6.07) is 7.78. The van der Waals surface area contributed by atoms with Crippen LogP contribution in [0.4, 0.5) is 0 Å². The molecule has 1 heterocycles. The zero-order chi connectivity index (χ0) is 20.4. The molecule has 154 valence electrons. The maximum absolute atomic E-state index is 12.7. The number of guanidine groups is 1. The van der Waals surface area contributed by atoms with E-state index in [0.717, 1.165) is 24.3 Å². The molecule has 3 aliphatic rings. The largest absolute Gasteiger partial charge is 0.497 e. The van der Waals surface area contributed by atoms with Crippen LogP contribution < -0.4 is 15.4 Å². The van der Waals surface area contributed by atoms with Crippen molar-refractivity contribution in [2.24, 2.45) is 28.7 Å². The van der Waals surface area contributed by atoms with Gasteiger partial charge in [-0.2, -0.15) is 0 Å². The highest BCUT2D eigenvalue weighted by molar-refractivity contribution is 6.06. The van der Waals surface area contributed by atoms with Gasteiger partial charge in [0.15, 0.2) is 5.96 Å². The summed E-state index contributed by atoms with van der Waals surface area (Å²) < 4.78 is 5.17. The van der Waals surface area contributed by atoms with Crippen LogP contribution in [0, 0.1) is 23.7 Å². The summed E-state index contributed by atoms with van der Waals surface area (Å²) in [6.45, 7) is 4.11. The van der Waals surface area contributed by atoms with Crippen molar-refractivity contribution >= 4 is 17.8 Å². The SMILES string of the molecule is CCNC(=NCc1ccc(OC)cc1)NCCN1C(=O)C2C3C=CC(C3)C2C1=O. The Morgan fingerprint density at radius 1 is 1.10 bits per heavy atom. The van der Waals surface area contributed by atoms with E-state index >= 15 is 0 Å². The van der Waals surface area contributed by atoms with E-state index in [2.05, 4.69) is 27.8 Å². The van der Waals surface area contributed by atoms with Crippen molar-refractivity contribution < 1.29 is 14.3 Å². The third kappa shape index (κ3) is 3.73. The van der Waals surface area contributed by atoms with Gasteiger partial charge in [-0.15, -0.1) is 0 Å². The van der Waals surface area contributed by atoms with Gasteiger partial charge in [0, 0.05) is 19.6 Å². The molecule has 1 aromatic carbocycles. The van der Waals surface area contributed by atoms with Crippen molar-refractivity contribution in [1.29, 1.82) is 0 Å². The molecule has 4 atom stereocenters. The van der Waals surface area contributed by atoms with Gasteiger partial charge >= 0.3 is 0 Å². The molecule has 2 bridgehead atoms. The highest BCUT2D eigenvalue weighted by Gasteiger charge is 2.58. The molecule has 4 rings (SSSR count). The van der Waals surface area contributed by atoms with Crippen molar-refractivity contribution in [1.82, 2.24) is 15.5 Å². The van der Waals surface area contributed by atoms with Gasteiger partial charge in [-0.25, -0.2) is 4.99 Å². The van der Waals surface area contributed by atoms with Crippen molar-refractivity contribution in [3.63, 3.8) is 0 Å². The molecule has 0 radical (unpaired) electrons. The smallest absolute Gasteiger partial charge is 0.233 e. The number of benzene rings is 1. The summed E-state index contributed by atoms with van der Waals surface area (Å²) in [6.07, 6.45) is 5.20. The first-order chi connectivity index (χ1) is 14.1. The molecule has 0 spiro atoms. The van der Waals surface area contributed by atoms with E-state index in [1.54, 1.807) is 7.11 Å². The van der Waals surface area contributed by atoms with Crippen LogP contribution in [0.15, 0.2) is 41.4 Å². The quantitative estimate of drug-likeness (QED) is 0.316. The summed E-state index contributed by atoms with van der Waals surface area (Å²) in [5.41, 5.74) is 1.07. The lowest BCUT2D eigenvalue weighted by atomic mass is 9.85. The lowest BCUT2D eigenvalue weighted by Gasteiger charge is -2.18. The van der Waals surface area contributed by atoms with E-state index < -0.39 is 0 Å². The predicted octanol–water partition coefficient (Wildman–Crippen LogP) is 1.56. The highest BCUT2D eigenvalue weighted by atomic mass is 16.5. The van der Waals surface area contributed by atoms with Crippen molar-refractivity contribution in [3.8, 4) is 5.75 Å². The topological polar surface area (TPSA) is 83.0 Å². The summed E-state index contributed by atoms with van der Waals surface area (Å²) in [5, 5.41) is 6.44. The van der Waals surface area contributed by atoms with Gasteiger partial charge < -0.3 is 15.4 Å². The Bertz CT molecular complexity index is 803. The monoisotopic (exact) mass is 396 g/mol. The van der Waals surface area contributed by atoms with Crippen LogP contribution >= 0.6 is 0 Å². The molecule has 29 heavy (non-hydrogen) atoms. The third-order valence-electron chi connectivity index (χ3n) is 6.11. The van der Waals surface area contributed by atoms with E-state index in [9.17, 15) is 9.59 Å². The van der Waals surface area contributed by atoms with Crippen molar-refractivity contribution in [3.05, 3.63) is 42.0 Å². The first-order valence-corrected chi connectivity index (χ1v) is 10.3. The number of imide groups is 1.